The molecule has 136 valence electrons. The smallest absolute Gasteiger partial charge is 0.244 e. The molecule has 1 N–H and O–H groups in total. The van der Waals surface area contributed by atoms with E-state index in [1.165, 1.54) is 50.4 Å². The van der Waals surface area contributed by atoms with Crippen molar-refractivity contribution in [2.75, 3.05) is 19.6 Å². The average molecular weight is 409 g/mol. The molecule has 1 aromatic rings. The second kappa shape index (κ2) is 8.95. The maximum atomic E-state index is 13.7. The summed E-state index contributed by atoms with van der Waals surface area (Å²) >= 11 is 3.31. The fourth-order valence-electron chi connectivity index (χ4n) is 3.88. The number of amides is 1. The van der Waals surface area contributed by atoms with Gasteiger partial charge in [-0.1, -0.05) is 28.8 Å². The van der Waals surface area contributed by atoms with Crippen LogP contribution in [0.25, 0.3) is 6.08 Å². The molecular formula is C20H26BrFN2O. The summed E-state index contributed by atoms with van der Waals surface area (Å²) in [6.45, 7) is 3.35. The first-order valence-corrected chi connectivity index (χ1v) is 10.1. The molecule has 0 radical (unpaired) electrons. The summed E-state index contributed by atoms with van der Waals surface area (Å²) in [5.74, 6) is 0.412. The van der Waals surface area contributed by atoms with Gasteiger partial charge in [-0.25, -0.2) is 4.39 Å². The minimum absolute atomic E-state index is 0.145. The molecule has 0 unspecified atom stereocenters. The van der Waals surface area contributed by atoms with E-state index in [2.05, 4.69) is 26.1 Å². The van der Waals surface area contributed by atoms with E-state index in [9.17, 15) is 9.18 Å². The number of hydrogen-bond donors (Lipinski definition) is 1. The van der Waals surface area contributed by atoms with Crippen LogP contribution < -0.4 is 5.32 Å². The number of nitrogens with zero attached hydrogens (tertiary/aromatic N) is 1. The van der Waals surface area contributed by atoms with Crippen LogP contribution in [0.5, 0.6) is 0 Å². The molecule has 0 spiro atoms. The third-order valence-electron chi connectivity index (χ3n) is 5.30. The number of carbonyl (C=O) groups is 1. The number of halogens is 2. The number of carbonyl (C=O) groups excluding carboxylic acids is 1. The first-order chi connectivity index (χ1) is 12.1. The summed E-state index contributed by atoms with van der Waals surface area (Å²) in [4.78, 5) is 14.6. The number of benzene rings is 1. The third-order valence-corrected chi connectivity index (χ3v) is 5.79. The minimum Gasteiger partial charge on any atom is -0.350 e. The van der Waals surface area contributed by atoms with Crippen molar-refractivity contribution >= 4 is 27.9 Å². The number of nitrogens with one attached hydrogen (secondary N) is 1. The molecule has 1 amide bonds. The van der Waals surface area contributed by atoms with Gasteiger partial charge in [0, 0.05) is 41.8 Å². The van der Waals surface area contributed by atoms with Gasteiger partial charge in [-0.2, -0.15) is 0 Å². The molecule has 5 heteroatoms. The Labute approximate surface area is 157 Å². The Balaban J connectivity index is 1.43. The monoisotopic (exact) mass is 408 g/mol. The Bertz CT molecular complexity index is 620. The fourth-order valence-corrected chi connectivity index (χ4v) is 4.25. The van der Waals surface area contributed by atoms with Crippen molar-refractivity contribution in [3.8, 4) is 0 Å². The predicted molar refractivity (Wildman–Crippen MR) is 103 cm³/mol. The molecule has 2 aliphatic rings. The van der Waals surface area contributed by atoms with E-state index in [1.54, 1.807) is 12.1 Å². The van der Waals surface area contributed by atoms with Crippen LogP contribution in [0.4, 0.5) is 4.39 Å². The lowest BCUT2D eigenvalue weighted by Crippen LogP contribution is -2.45. The van der Waals surface area contributed by atoms with Crippen LogP contribution in [0.2, 0.25) is 0 Å². The fraction of sp³-hybridized carbons (Fsp3) is 0.550. The van der Waals surface area contributed by atoms with Crippen molar-refractivity contribution in [1.82, 2.24) is 10.2 Å². The highest BCUT2D eigenvalue weighted by Gasteiger charge is 2.23. The number of rotatable bonds is 5. The zero-order valence-electron chi connectivity index (χ0n) is 14.5. The highest BCUT2D eigenvalue weighted by atomic mass is 79.9. The van der Waals surface area contributed by atoms with Gasteiger partial charge in [0.15, 0.2) is 0 Å². The Kier molecular flexibility index (Phi) is 6.65. The maximum absolute atomic E-state index is 13.7. The SMILES string of the molecule is O=C(/C=C/c1cc(Br)ccc1F)NC1CCN(CC2CCCC2)CC1. The van der Waals surface area contributed by atoms with Crippen molar-refractivity contribution in [2.45, 2.75) is 44.6 Å². The van der Waals surface area contributed by atoms with Crippen LogP contribution in [0.15, 0.2) is 28.7 Å². The zero-order valence-corrected chi connectivity index (χ0v) is 16.1. The molecule has 0 atom stereocenters. The number of likely N-dealkylation sites (tertiary alicyclic amines) is 1. The van der Waals surface area contributed by atoms with Gasteiger partial charge < -0.3 is 10.2 Å². The molecule has 1 aliphatic carbocycles. The Morgan fingerprint density at radius 3 is 2.68 bits per heavy atom. The van der Waals surface area contributed by atoms with E-state index in [1.807, 2.05) is 0 Å². The van der Waals surface area contributed by atoms with Crippen LogP contribution in [0, 0.1) is 11.7 Å². The lowest BCUT2D eigenvalue weighted by molar-refractivity contribution is -0.117. The van der Waals surface area contributed by atoms with E-state index in [-0.39, 0.29) is 17.8 Å². The van der Waals surface area contributed by atoms with Gasteiger partial charge >= 0.3 is 0 Å². The molecule has 25 heavy (non-hydrogen) atoms. The number of hydrogen-bond acceptors (Lipinski definition) is 2. The first-order valence-electron chi connectivity index (χ1n) is 9.26. The molecule has 0 bridgehead atoms. The average Bonchev–Trinajstić information content (AvgIpc) is 3.10. The van der Waals surface area contributed by atoms with E-state index in [4.69, 9.17) is 0 Å². The largest absolute Gasteiger partial charge is 0.350 e. The maximum Gasteiger partial charge on any atom is 0.244 e. The highest BCUT2D eigenvalue weighted by molar-refractivity contribution is 9.10. The second-order valence-electron chi connectivity index (χ2n) is 7.23. The quantitative estimate of drug-likeness (QED) is 0.733. The summed E-state index contributed by atoms with van der Waals surface area (Å²) in [7, 11) is 0. The lowest BCUT2D eigenvalue weighted by atomic mass is 10.0. The third kappa shape index (κ3) is 5.65. The highest BCUT2D eigenvalue weighted by Crippen LogP contribution is 2.26. The molecule has 1 aliphatic heterocycles. The molecule has 1 heterocycles. The first kappa shape index (κ1) is 18.6. The summed E-state index contributed by atoms with van der Waals surface area (Å²) in [6, 6.07) is 4.93. The van der Waals surface area contributed by atoms with Crippen molar-refractivity contribution in [3.05, 3.63) is 40.1 Å². The van der Waals surface area contributed by atoms with Gasteiger partial charge in [0.2, 0.25) is 5.91 Å². The summed E-state index contributed by atoms with van der Waals surface area (Å²) in [5.41, 5.74) is 0.413. The van der Waals surface area contributed by atoms with Gasteiger partial charge in [-0.3, -0.25) is 4.79 Å². The van der Waals surface area contributed by atoms with Crippen molar-refractivity contribution in [2.24, 2.45) is 5.92 Å². The Morgan fingerprint density at radius 2 is 1.96 bits per heavy atom. The van der Waals surface area contributed by atoms with Crippen LogP contribution in [-0.2, 0) is 4.79 Å². The normalized spacial score (nSPS) is 20.4. The lowest BCUT2D eigenvalue weighted by Gasteiger charge is -2.33. The van der Waals surface area contributed by atoms with Crippen LogP contribution in [0.1, 0.15) is 44.1 Å². The van der Waals surface area contributed by atoms with E-state index in [0.717, 1.165) is 36.3 Å². The van der Waals surface area contributed by atoms with Crippen LogP contribution in [-0.4, -0.2) is 36.5 Å². The van der Waals surface area contributed by atoms with Gasteiger partial charge in [0.05, 0.1) is 0 Å². The molecular weight excluding hydrogens is 383 g/mol. The summed E-state index contributed by atoms with van der Waals surface area (Å²) in [6.07, 6.45) is 10.5. The molecule has 0 aromatic heterocycles. The molecule has 1 saturated heterocycles. The molecule has 3 rings (SSSR count). The Hall–Kier alpha value is -1.20. The van der Waals surface area contributed by atoms with Gasteiger partial charge in [0.25, 0.3) is 0 Å². The Morgan fingerprint density at radius 1 is 1.24 bits per heavy atom. The van der Waals surface area contributed by atoms with Gasteiger partial charge in [-0.15, -0.1) is 0 Å². The van der Waals surface area contributed by atoms with E-state index < -0.39 is 0 Å². The summed E-state index contributed by atoms with van der Waals surface area (Å²) < 4.78 is 14.5. The predicted octanol–water partition coefficient (Wildman–Crippen LogP) is 4.37. The van der Waals surface area contributed by atoms with Crippen LogP contribution in [0.3, 0.4) is 0 Å². The van der Waals surface area contributed by atoms with Crippen molar-refractivity contribution in [1.29, 1.82) is 0 Å². The molecule has 1 aromatic carbocycles. The topological polar surface area (TPSA) is 32.3 Å². The van der Waals surface area contributed by atoms with E-state index in [0.29, 0.717) is 5.56 Å². The van der Waals surface area contributed by atoms with Crippen molar-refractivity contribution < 1.29 is 9.18 Å². The van der Waals surface area contributed by atoms with Crippen molar-refractivity contribution in [3.63, 3.8) is 0 Å². The molecule has 1 saturated carbocycles. The zero-order chi connectivity index (χ0) is 17.6. The van der Waals surface area contributed by atoms with E-state index >= 15 is 0 Å². The molecule has 2 fully saturated rings. The van der Waals surface area contributed by atoms with Gasteiger partial charge in [0.1, 0.15) is 5.82 Å². The number of piperidine rings is 1. The van der Waals surface area contributed by atoms with Crippen LogP contribution >= 0.6 is 15.9 Å². The minimum atomic E-state index is -0.326. The molecule has 3 nitrogen and oxygen atoms in total. The summed E-state index contributed by atoms with van der Waals surface area (Å²) in [5, 5.41) is 3.05. The standard InChI is InChI=1S/C20H26BrFN2O/c21-17-6-7-19(22)16(13-17)5-8-20(25)23-18-9-11-24(12-10-18)14-15-3-1-2-4-15/h5-8,13,15,18H,1-4,9-12,14H2,(H,23,25)/b8-5+. The van der Waals surface area contributed by atoms with Gasteiger partial charge in [-0.05, 0) is 55.9 Å². The second-order valence-corrected chi connectivity index (χ2v) is 8.15.